The van der Waals surface area contributed by atoms with Crippen LogP contribution in [0.15, 0.2) is 18.2 Å². The van der Waals surface area contributed by atoms with E-state index in [2.05, 4.69) is 11.8 Å². The Morgan fingerprint density at radius 1 is 1.50 bits per heavy atom. The quantitative estimate of drug-likeness (QED) is 0.771. The van der Waals surface area contributed by atoms with E-state index in [1.165, 1.54) is 6.92 Å². The highest BCUT2D eigenvalue weighted by Gasteiger charge is 2.16. The van der Waals surface area contributed by atoms with Gasteiger partial charge in [0.15, 0.2) is 5.78 Å². The van der Waals surface area contributed by atoms with Gasteiger partial charge in [0.2, 0.25) is 0 Å². The molecule has 0 aromatic heterocycles. The number of benzene rings is 1. The smallest absolute Gasteiger partial charge is 0.161 e. The van der Waals surface area contributed by atoms with Crippen molar-refractivity contribution in [3.05, 3.63) is 28.8 Å². The maximum atomic E-state index is 11.3. The van der Waals surface area contributed by atoms with E-state index >= 15 is 0 Å². The molecule has 1 unspecified atom stereocenters. The molecular formula is C14H18ClNO2. The standard InChI is InChI=1S/C14H18ClNO2/c1-10-9-16(6-3-7-18-10)12-4-5-13(11(2)17)14(15)8-12/h4-5,8,10H,3,6-7,9H2,1-2H3. The van der Waals surface area contributed by atoms with Crippen molar-refractivity contribution in [2.24, 2.45) is 0 Å². The molecule has 1 aromatic rings. The molecular weight excluding hydrogens is 250 g/mol. The summed E-state index contributed by atoms with van der Waals surface area (Å²) < 4.78 is 5.62. The van der Waals surface area contributed by atoms with E-state index < -0.39 is 0 Å². The third-order valence-electron chi connectivity index (χ3n) is 3.15. The molecule has 0 amide bonds. The summed E-state index contributed by atoms with van der Waals surface area (Å²) in [5.41, 5.74) is 1.64. The molecule has 1 heterocycles. The van der Waals surface area contributed by atoms with Crippen molar-refractivity contribution in [1.29, 1.82) is 0 Å². The van der Waals surface area contributed by atoms with Crippen molar-refractivity contribution in [2.75, 3.05) is 24.6 Å². The molecule has 1 aromatic carbocycles. The van der Waals surface area contributed by atoms with Gasteiger partial charge in [-0.05, 0) is 38.5 Å². The second-order valence-corrected chi connectivity index (χ2v) is 5.11. The molecule has 1 aliphatic rings. The number of hydrogen-bond donors (Lipinski definition) is 0. The minimum atomic E-state index is -0.000817. The Morgan fingerprint density at radius 3 is 2.94 bits per heavy atom. The Bertz CT molecular complexity index is 447. The summed E-state index contributed by atoms with van der Waals surface area (Å²) in [6, 6.07) is 5.63. The van der Waals surface area contributed by atoms with Gasteiger partial charge < -0.3 is 9.64 Å². The minimum absolute atomic E-state index is 0.000817. The van der Waals surface area contributed by atoms with Crippen LogP contribution in [-0.2, 0) is 4.74 Å². The summed E-state index contributed by atoms with van der Waals surface area (Å²) in [5.74, 6) is -0.000817. The molecule has 0 spiro atoms. The molecule has 3 nitrogen and oxygen atoms in total. The van der Waals surface area contributed by atoms with Gasteiger partial charge in [-0.3, -0.25) is 4.79 Å². The first-order chi connectivity index (χ1) is 8.58. The maximum Gasteiger partial charge on any atom is 0.161 e. The fourth-order valence-electron chi connectivity index (χ4n) is 2.22. The Morgan fingerprint density at radius 2 is 2.28 bits per heavy atom. The van der Waals surface area contributed by atoms with E-state index in [9.17, 15) is 4.79 Å². The lowest BCUT2D eigenvalue weighted by Crippen LogP contribution is -2.30. The number of halogens is 1. The van der Waals surface area contributed by atoms with Gasteiger partial charge in [0, 0.05) is 30.9 Å². The van der Waals surface area contributed by atoms with Gasteiger partial charge in [0.05, 0.1) is 11.1 Å². The molecule has 0 aliphatic carbocycles. The molecule has 0 bridgehead atoms. The van der Waals surface area contributed by atoms with Crippen molar-refractivity contribution in [3.8, 4) is 0 Å². The van der Waals surface area contributed by atoms with Gasteiger partial charge >= 0.3 is 0 Å². The summed E-state index contributed by atoms with van der Waals surface area (Å²) in [6.07, 6.45) is 1.23. The zero-order valence-electron chi connectivity index (χ0n) is 10.8. The highest BCUT2D eigenvalue weighted by Crippen LogP contribution is 2.25. The summed E-state index contributed by atoms with van der Waals surface area (Å²) in [6.45, 7) is 6.22. The lowest BCUT2D eigenvalue weighted by molar-refractivity contribution is 0.0820. The van der Waals surface area contributed by atoms with Crippen molar-refractivity contribution in [2.45, 2.75) is 26.4 Å². The zero-order valence-corrected chi connectivity index (χ0v) is 11.5. The summed E-state index contributed by atoms with van der Waals surface area (Å²) >= 11 is 6.14. The number of ketones is 1. The number of Topliss-reactive ketones (excluding diaryl/α,β-unsaturated/α-hetero) is 1. The van der Waals surface area contributed by atoms with Crippen LogP contribution in [0.1, 0.15) is 30.6 Å². The van der Waals surface area contributed by atoms with E-state index in [-0.39, 0.29) is 11.9 Å². The number of carbonyl (C=O) groups is 1. The normalized spacial score (nSPS) is 20.6. The number of carbonyl (C=O) groups excluding carboxylic acids is 1. The molecule has 1 fully saturated rings. The van der Waals surface area contributed by atoms with Gasteiger partial charge in [0.25, 0.3) is 0 Å². The molecule has 0 saturated carbocycles. The second-order valence-electron chi connectivity index (χ2n) is 4.70. The number of nitrogens with zero attached hydrogens (tertiary/aromatic N) is 1. The second kappa shape index (κ2) is 5.72. The zero-order chi connectivity index (χ0) is 13.1. The molecule has 1 saturated heterocycles. The third kappa shape index (κ3) is 3.03. The number of rotatable bonds is 2. The number of anilines is 1. The molecule has 0 N–H and O–H groups in total. The lowest BCUT2D eigenvalue weighted by Gasteiger charge is -2.24. The van der Waals surface area contributed by atoms with E-state index in [4.69, 9.17) is 16.3 Å². The van der Waals surface area contributed by atoms with Crippen LogP contribution in [0.4, 0.5) is 5.69 Å². The number of ether oxygens (including phenoxy) is 1. The van der Waals surface area contributed by atoms with Crippen molar-refractivity contribution in [1.82, 2.24) is 0 Å². The Balaban J connectivity index is 2.22. The summed E-state index contributed by atoms with van der Waals surface area (Å²) in [4.78, 5) is 13.6. The van der Waals surface area contributed by atoms with Gasteiger partial charge in [-0.25, -0.2) is 0 Å². The summed E-state index contributed by atoms with van der Waals surface area (Å²) in [5, 5.41) is 0.526. The van der Waals surface area contributed by atoms with E-state index in [0.717, 1.165) is 31.8 Å². The molecule has 98 valence electrons. The van der Waals surface area contributed by atoms with Gasteiger partial charge in [-0.15, -0.1) is 0 Å². The fourth-order valence-corrected chi connectivity index (χ4v) is 2.52. The molecule has 2 rings (SSSR count). The SMILES string of the molecule is CC(=O)c1ccc(N2CCCOC(C)C2)cc1Cl. The van der Waals surface area contributed by atoms with Crippen molar-refractivity contribution < 1.29 is 9.53 Å². The van der Waals surface area contributed by atoms with Gasteiger partial charge in [-0.2, -0.15) is 0 Å². The average molecular weight is 268 g/mol. The van der Waals surface area contributed by atoms with E-state index in [1.54, 1.807) is 6.07 Å². The van der Waals surface area contributed by atoms with Crippen LogP contribution in [-0.4, -0.2) is 31.6 Å². The highest BCUT2D eigenvalue weighted by molar-refractivity contribution is 6.34. The first kappa shape index (κ1) is 13.4. The predicted molar refractivity (Wildman–Crippen MR) is 73.7 cm³/mol. The van der Waals surface area contributed by atoms with Crippen LogP contribution >= 0.6 is 11.6 Å². The van der Waals surface area contributed by atoms with Gasteiger partial charge in [0.1, 0.15) is 0 Å². The topological polar surface area (TPSA) is 29.5 Å². The Kier molecular flexibility index (Phi) is 4.25. The van der Waals surface area contributed by atoms with E-state index in [0.29, 0.717) is 10.6 Å². The highest BCUT2D eigenvalue weighted by atomic mass is 35.5. The lowest BCUT2D eigenvalue weighted by atomic mass is 10.1. The molecule has 4 heteroatoms. The third-order valence-corrected chi connectivity index (χ3v) is 3.46. The minimum Gasteiger partial charge on any atom is -0.377 e. The van der Waals surface area contributed by atoms with Crippen LogP contribution in [0.3, 0.4) is 0 Å². The average Bonchev–Trinajstić information content (AvgIpc) is 2.53. The largest absolute Gasteiger partial charge is 0.377 e. The summed E-state index contributed by atoms with van der Waals surface area (Å²) in [7, 11) is 0. The molecule has 18 heavy (non-hydrogen) atoms. The first-order valence-electron chi connectivity index (χ1n) is 6.25. The van der Waals surface area contributed by atoms with Crippen LogP contribution in [0.2, 0.25) is 5.02 Å². The van der Waals surface area contributed by atoms with E-state index in [1.807, 2.05) is 12.1 Å². The molecule has 0 radical (unpaired) electrons. The van der Waals surface area contributed by atoms with Crippen LogP contribution < -0.4 is 4.90 Å². The fraction of sp³-hybridized carbons (Fsp3) is 0.500. The first-order valence-corrected chi connectivity index (χ1v) is 6.63. The molecule has 1 atom stereocenters. The molecule has 1 aliphatic heterocycles. The number of hydrogen-bond acceptors (Lipinski definition) is 3. The van der Waals surface area contributed by atoms with Crippen molar-refractivity contribution in [3.63, 3.8) is 0 Å². The van der Waals surface area contributed by atoms with Crippen LogP contribution in [0.25, 0.3) is 0 Å². The maximum absolute atomic E-state index is 11.3. The monoisotopic (exact) mass is 267 g/mol. The van der Waals surface area contributed by atoms with Crippen LogP contribution in [0.5, 0.6) is 0 Å². The predicted octanol–water partition coefficient (Wildman–Crippen LogP) is 3.16. The Labute approximate surface area is 113 Å². The van der Waals surface area contributed by atoms with Crippen LogP contribution in [0, 0.1) is 0 Å². The van der Waals surface area contributed by atoms with Gasteiger partial charge in [-0.1, -0.05) is 11.6 Å². The van der Waals surface area contributed by atoms with Crippen molar-refractivity contribution >= 4 is 23.1 Å². The Hall–Kier alpha value is -1.06.